The predicted octanol–water partition coefficient (Wildman–Crippen LogP) is 1.21. The maximum absolute atomic E-state index is 14.1. The number of rotatable bonds is 4. The molecule has 0 radical (unpaired) electrons. The van der Waals surface area contributed by atoms with E-state index < -0.39 is 0 Å². The number of halogens is 1. The fourth-order valence-electron chi connectivity index (χ4n) is 2.51. The Morgan fingerprint density at radius 1 is 1.61 bits per heavy atom. The number of likely N-dealkylation sites (tertiary alicyclic amines) is 1. The smallest absolute Gasteiger partial charge is 0.170 e. The lowest BCUT2D eigenvalue weighted by Gasteiger charge is -2.27. The Balaban J connectivity index is 2.11. The Kier molecular flexibility index (Phi) is 4.14. The number of pyridine rings is 1. The molecule has 0 aromatic carbocycles. The standard InChI is InChI=1S/C13H21FN4/c1-17-7-3-4-11(17)9-18(2)13-12(14)10(8-15)5-6-16-13/h5-6,11H,3-4,7-9,15H2,1-2H3. The molecule has 2 heterocycles. The van der Waals surface area contributed by atoms with Gasteiger partial charge >= 0.3 is 0 Å². The second-order valence-corrected chi connectivity index (χ2v) is 4.97. The van der Waals surface area contributed by atoms with Gasteiger partial charge in [0.1, 0.15) is 0 Å². The molecule has 1 aromatic rings. The van der Waals surface area contributed by atoms with E-state index in [9.17, 15) is 4.39 Å². The molecule has 4 nitrogen and oxygen atoms in total. The first kappa shape index (κ1) is 13.2. The summed E-state index contributed by atoms with van der Waals surface area (Å²) in [7, 11) is 4.00. The van der Waals surface area contributed by atoms with E-state index in [0.29, 0.717) is 17.4 Å². The molecule has 0 aliphatic carbocycles. The summed E-state index contributed by atoms with van der Waals surface area (Å²) < 4.78 is 14.1. The molecule has 1 saturated heterocycles. The van der Waals surface area contributed by atoms with Crippen molar-refractivity contribution in [3.8, 4) is 0 Å². The summed E-state index contributed by atoms with van der Waals surface area (Å²) in [6, 6.07) is 2.12. The van der Waals surface area contributed by atoms with Gasteiger partial charge in [-0.2, -0.15) is 0 Å². The number of hydrogen-bond donors (Lipinski definition) is 1. The summed E-state index contributed by atoms with van der Waals surface area (Å²) in [5.74, 6) is 0.112. The maximum atomic E-state index is 14.1. The summed E-state index contributed by atoms with van der Waals surface area (Å²) in [5.41, 5.74) is 6.03. The summed E-state index contributed by atoms with van der Waals surface area (Å²) in [4.78, 5) is 8.34. The summed E-state index contributed by atoms with van der Waals surface area (Å²) in [6.07, 6.45) is 4.00. The van der Waals surface area contributed by atoms with Gasteiger partial charge < -0.3 is 15.5 Å². The Morgan fingerprint density at radius 3 is 3.00 bits per heavy atom. The molecule has 1 atom stereocenters. The minimum absolute atomic E-state index is 0.207. The number of nitrogens with two attached hydrogens (primary N) is 1. The van der Waals surface area contributed by atoms with Crippen molar-refractivity contribution in [3.63, 3.8) is 0 Å². The van der Waals surface area contributed by atoms with Crippen LogP contribution in [-0.2, 0) is 6.54 Å². The third-order valence-electron chi connectivity index (χ3n) is 3.69. The lowest BCUT2D eigenvalue weighted by Crippen LogP contribution is -2.37. The lowest BCUT2D eigenvalue weighted by atomic mass is 10.2. The molecular formula is C13H21FN4. The van der Waals surface area contributed by atoms with Crippen LogP contribution < -0.4 is 10.6 Å². The largest absolute Gasteiger partial charge is 0.356 e. The molecule has 0 amide bonds. The van der Waals surface area contributed by atoms with E-state index in [1.54, 1.807) is 12.3 Å². The molecule has 1 fully saturated rings. The minimum Gasteiger partial charge on any atom is -0.356 e. The third-order valence-corrected chi connectivity index (χ3v) is 3.69. The molecule has 5 heteroatoms. The van der Waals surface area contributed by atoms with Gasteiger partial charge in [-0.3, -0.25) is 0 Å². The molecule has 1 aliphatic rings. The van der Waals surface area contributed by atoms with Gasteiger partial charge in [0.05, 0.1) is 0 Å². The number of anilines is 1. The van der Waals surface area contributed by atoms with Crippen molar-refractivity contribution < 1.29 is 4.39 Å². The molecule has 0 bridgehead atoms. The highest BCUT2D eigenvalue weighted by molar-refractivity contribution is 5.42. The van der Waals surface area contributed by atoms with Crippen LogP contribution in [0.25, 0.3) is 0 Å². The second-order valence-electron chi connectivity index (χ2n) is 4.97. The molecule has 0 saturated carbocycles. The summed E-state index contributed by atoms with van der Waals surface area (Å²) in [6.45, 7) is 2.13. The SMILES string of the molecule is CN(CC1CCCN1C)c1nccc(CN)c1F. The molecule has 2 N–H and O–H groups in total. The normalized spacial score (nSPS) is 20.3. The molecule has 2 rings (SSSR count). The molecule has 18 heavy (non-hydrogen) atoms. The van der Waals surface area contributed by atoms with Crippen molar-refractivity contribution in [2.45, 2.75) is 25.4 Å². The van der Waals surface area contributed by atoms with Crippen LogP contribution in [0.2, 0.25) is 0 Å². The molecule has 1 aromatic heterocycles. The van der Waals surface area contributed by atoms with Crippen molar-refractivity contribution in [2.75, 3.05) is 32.1 Å². The van der Waals surface area contributed by atoms with Gasteiger partial charge in [0.2, 0.25) is 0 Å². The monoisotopic (exact) mass is 252 g/mol. The summed E-state index contributed by atoms with van der Waals surface area (Å²) in [5, 5.41) is 0. The van der Waals surface area contributed by atoms with Gasteiger partial charge in [-0.15, -0.1) is 0 Å². The van der Waals surface area contributed by atoms with Gasteiger partial charge in [0.25, 0.3) is 0 Å². The number of likely N-dealkylation sites (N-methyl/N-ethyl adjacent to an activating group) is 2. The Hall–Kier alpha value is -1.20. The van der Waals surface area contributed by atoms with Crippen LogP contribution in [0.3, 0.4) is 0 Å². The van der Waals surface area contributed by atoms with E-state index in [2.05, 4.69) is 16.9 Å². The van der Waals surface area contributed by atoms with Gasteiger partial charge in [0.15, 0.2) is 11.6 Å². The van der Waals surface area contributed by atoms with E-state index in [-0.39, 0.29) is 12.4 Å². The highest BCUT2D eigenvalue weighted by Gasteiger charge is 2.23. The third kappa shape index (κ3) is 2.62. The van der Waals surface area contributed by atoms with Crippen LogP contribution in [-0.4, -0.2) is 43.1 Å². The second kappa shape index (κ2) is 5.63. The average molecular weight is 252 g/mol. The lowest BCUT2D eigenvalue weighted by molar-refractivity contribution is 0.313. The van der Waals surface area contributed by atoms with E-state index >= 15 is 0 Å². The minimum atomic E-state index is -0.289. The maximum Gasteiger partial charge on any atom is 0.170 e. The van der Waals surface area contributed by atoms with E-state index in [4.69, 9.17) is 5.73 Å². The Labute approximate surface area is 108 Å². The fourth-order valence-corrected chi connectivity index (χ4v) is 2.51. The van der Waals surface area contributed by atoms with Crippen LogP contribution in [0.5, 0.6) is 0 Å². The van der Waals surface area contributed by atoms with Crippen molar-refractivity contribution in [3.05, 3.63) is 23.6 Å². The molecular weight excluding hydrogens is 231 g/mol. The van der Waals surface area contributed by atoms with Crippen LogP contribution in [0, 0.1) is 5.82 Å². The quantitative estimate of drug-likeness (QED) is 0.875. The topological polar surface area (TPSA) is 45.4 Å². The Morgan fingerprint density at radius 2 is 2.39 bits per heavy atom. The zero-order chi connectivity index (χ0) is 13.1. The van der Waals surface area contributed by atoms with Crippen LogP contribution in [0.15, 0.2) is 12.3 Å². The van der Waals surface area contributed by atoms with E-state index in [1.807, 2.05) is 11.9 Å². The first-order chi connectivity index (χ1) is 8.63. The zero-order valence-electron chi connectivity index (χ0n) is 11.1. The first-order valence-electron chi connectivity index (χ1n) is 6.38. The highest BCUT2D eigenvalue weighted by Crippen LogP contribution is 2.21. The summed E-state index contributed by atoms with van der Waals surface area (Å²) >= 11 is 0. The van der Waals surface area contributed by atoms with Crippen molar-refractivity contribution >= 4 is 5.82 Å². The zero-order valence-corrected chi connectivity index (χ0v) is 11.1. The Bertz CT molecular complexity index is 410. The molecule has 1 aliphatic heterocycles. The van der Waals surface area contributed by atoms with Crippen molar-refractivity contribution in [2.24, 2.45) is 5.73 Å². The van der Waals surface area contributed by atoms with Crippen LogP contribution >= 0.6 is 0 Å². The first-order valence-corrected chi connectivity index (χ1v) is 6.38. The van der Waals surface area contributed by atoms with Crippen LogP contribution in [0.4, 0.5) is 10.2 Å². The van der Waals surface area contributed by atoms with Gasteiger partial charge in [-0.05, 0) is 32.5 Å². The van der Waals surface area contributed by atoms with E-state index in [0.717, 1.165) is 13.1 Å². The average Bonchev–Trinajstić information content (AvgIpc) is 2.75. The molecule has 0 spiro atoms. The highest BCUT2D eigenvalue weighted by atomic mass is 19.1. The number of hydrogen-bond acceptors (Lipinski definition) is 4. The number of nitrogens with zero attached hydrogens (tertiary/aromatic N) is 3. The fraction of sp³-hybridized carbons (Fsp3) is 0.615. The van der Waals surface area contributed by atoms with Gasteiger partial charge in [-0.1, -0.05) is 0 Å². The van der Waals surface area contributed by atoms with Crippen molar-refractivity contribution in [1.82, 2.24) is 9.88 Å². The van der Waals surface area contributed by atoms with Gasteiger partial charge in [-0.25, -0.2) is 9.37 Å². The number of aromatic nitrogens is 1. The molecule has 100 valence electrons. The van der Waals surface area contributed by atoms with Crippen molar-refractivity contribution in [1.29, 1.82) is 0 Å². The predicted molar refractivity (Wildman–Crippen MR) is 71.0 cm³/mol. The van der Waals surface area contributed by atoms with Crippen LogP contribution in [0.1, 0.15) is 18.4 Å². The molecule has 1 unspecified atom stereocenters. The van der Waals surface area contributed by atoms with E-state index in [1.165, 1.54) is 12.8 Å². The van der Waals surface area contributed by atoms with Gasteiger partial charge in [0, 0.05) is 37.9 Å².